The van der Waals surface area contributed by atoms with Crippen LogP contribution < -0.4 is 5.73 Å². The van der Waals surface area contributed by atoms with Crippen LogP contribution in [0.5, 0.6) is 0 Å². The lowest BCUT2D eigenvalue weighted by molar-refractivity contribution is -0.141. The molecular formula is C10H14F3N3. The molecule has 90 valence electrons. The van der Waals surface area contributed by atoms with Crippen molar-refractivity contribution in [1.82, 2.24) is 9.97 Å². The van der Waals surface area contributed by atoms with Crippen molar-refractivity contribution >= 4 is 5.95 Å². The summed E-state index contributed by atoms with van der Waals surface area (Å²) < 4.78 is 37.8. The van der Waals surface area contributed by atoms with Gasteiger partial charge in [-0.3, -0.25) is 0 Å². The fraction of sp³-hybridized carbons (Fsp3) is 0.600. The summed E-state index contributed by atoms with van der Waals surface area (Å²) in [6, 6.07) is 0. The third kappa shape index (κ3) is 3.36. The molecule has 0 bridgehead atoms. The van der Waals surface area contributed by atoms with E-state index in [1.165, 1.54) is 6.20 Å². The van der Waals surface area contributed by atoms with Gasteiger partial charge in [-0.25, -0.2) is 9.97 Å². The third-order valence-electron chi connectivity index (χ3n) is 2.20. The molecular weight excluding hydrogens is 219 g/mol. The number of rotatable bonds is 4. The smallest absolute Gasteiger partial charge is 0.368 e. The van der Waals surface area contributed by atoms with Crippen LogP contribution in [-0.2, 0) is 12.6 Å². The summed E-state index contributed by atoms with van der Waals surface area (Å²) in [5.41, 5.74) is 4.37. The van der Waals surface area contributed by atoms with Crippen LogP contribution in [0, 0.1) is 0 Å². The van der Waals surface area contributed by atoms with Gasteiger partial charge in [0.15, 0.2) is 5.69 Å². The summed E-state index contributed by atoms with van der Waals surface area (Å²) in [5, 5.41) is 0. The lowest BCUT2D eigenvalue weighted by Gasteiger charge is -2.11. The third-order valence-corrected chi connectivity index (χ3v) is 2.20. The monoisotopic (exact) mass is 233 g/mol. The number of unbranched alkanes of at least 4 members (excludes halogenated alkanes) is 2. The average molecular weight is 233 g/mol. The molecule has 2 N–H and O–H groups in total. The van der Waals surface area contributed by atoms with Crippen LogP contribution in [0.3, 0.4) is 0 Å². The van der Waals surface area contributed by atoms with Crippen LogP contribution in [0.4, 0.5) is 19.1 Å². The van der Waals surface area contributed by atoms with Crippen molar-refractivity contribution in [3.05, 3.63) is 17.5 Å². The summed E-state index contributed by atoms with van der Waals surface area (Å²) in [5.74, 6) is -0.341. The SMILES string of the molecule is CCCCCc1cnc(N)nc1C(F)(F)F. The molecule has 0 saturated carbocycles. The van der Waals surface area contributed by atoms with Gasteiger partial charge in [-0.1, -0.05) is 19.8 Å². The highest BCUT2D eigenvalue weighted by atomic mass is 19.4. The minimum absolute atomic E-state index is 0.121. The highest BCUT2D eigenvalue weighted by molar-refractivity contribution is 5.27. The first-order chi connectivity index (χ1) is 7.45. The zero-order valence-corrected chi connectivity index (χ0v) is 9.01. The second-order valence-corrected chi connectivity index (χ2v) is 3.56. The number of hydrogen-bond acceptors (Lipinski definition) is 3. The highest BCUT2D eigenvalue weighted by Gasteiger charge is 2.35. The van der Waals surface area contributed by atoms with Crippen LogP contribution in [0.1, 0.15) is 37.4 Å². The van der Waals surface area contributed by atoms with E-state index >= 15 is 0 Å². The van der Waals surface area contributed by atoms with Gasteiger partial charge in [0.25, 0.3) is 0 Å². The van der Waals surface area contributed by atoms with Crippen LogP contribution in [0.25, 0.3) is 0 Å². The number of halogens is 3. The van der Waals surface area contributed by atoms with Crippen molar-refractivity contribution in [3.8, 4) is 0 Å². The standard InChI is InChI=1S/C10H14F3N3/c1-2-3-4-5-7-6-15-9(14)16-8(7)10(11,12)13/h6H,2-5H2,1H3,(H2,14,15,16). The summed E-state index contributed by atoms with van der Waals surface area (Å²) in [6.07, 6.45) is -0.409. The highest BCUT2D eigenvalue weighted by Crippen LogP contribution is 2.31. The van der Waals surface area contributed by atoms with Gasteiger partial charge < -0.3 is 5.73 Å². The van der Waals surface area contributed by atoms with Gasteiger partial charge in [-0.15, -0.1) is 0 Å². The predicted octanol–water partition coefficient (Wildman–Crippen LogP) is 2.81. The van der Waals surface area contributed by atoms with Gasteiger partial charge in [0, 0.05) is 11.8 Å². The molecule has 1 aromatic rings. The number of aryl methyl sites for hydroxylation is 1. The molecule has 0 aliphatic carbocycles. The van der Waals surface area contributed by atoms with Gasteiger partial charge in [0.2, 0.25) is 5.95 Å². The number of anilines is 1. The summed E-state index contributed by atoms with van der Waals surface area (Å²) in [6.45, 7) is 1.99. The molecule has 1 heterocycles. The number of alkyl halides is 3. The molecule has 0 aromatic carbocycles. The number of aromatic nitrogens is 2. The van der Waals surface area contributed by atoms with E-state index in [4.69, 9.17) is 5.73 Å². The Balaban J connectivity index is 2.90. The van der Waals surface area contributed by atoms with Crippen molar-refractivity contribution < 1.29 is 13.2 Å². The molecule has 0 aliphatic heterocycles. The molecule has 0 atom stereocenters. The average Bonchev–Trinajstić information content (AvgIpc) is 2.19. The van der Waals surface area contributed by atoms with Gasteiger partial charge in [-0.05, 0) is 12.8 Å². The van der Waals surface area contributed by atoms with Gasteiger partial charge in [0.05, 0.1) is 0 Å². The number of hydrogen-bond donors (Lipinski definition) is 1. The fourth-order valence-corrected chi connectivity index (χ4v) is 1.41. The molecule has 3 nitrogen and oxygen atoms in total. The van der Waals surface area contributed by atoms with E-state index < -0.39 is 11.9 Å². The predicted molar refractivity (Wildman–Crippen MR) is 54.7 cm³/mol. The minimum Gasteiger partial charge on any atom is -0.368 e. The normalized spacial score (nSPS) is 11.8. The Morgan fingerprint density at radius 1 is 1.31 bits per heavy atom. The quantitative estimate of drug-likeness (QED) is 0.813. The van der Waals surface area contributed by atoms with Gasteiger partial charge >= 0.3 is 6.18 Å². The molecule has 0 radical (unpaired) electrons. The van der Waals surface area contributed by atoms with Gasteiger partial charge in [0.1, 0.15) is 0 Å². The minimum atomic E-state index is -4.46. The molecule has 0 spiro atoms. The molecule has 16 heavy (non-hydrogen) atoms. The Labute approximate surface area is 91.9 Å². The van der Waals surface area contributed by atoms with E-state index in [9.17, 15) is 13.2 Å². The van der Waals surface area contributed by atoms with Crippen LogP contribution in [0.15, 0.2) is 6.20 Å². The Morgan fingerprint density at radius 3 is 2.56 bits per heavy atom. The zero-order chi connectivity index (χ0) is 12.2. The summed E-state index contributed by atoms with van der Waals surface area (Å²) in [7, 11) is 0. The Morgan fingerprint density at radius 2 is 2.00 bits per heavy atom. The molecule has 0 amide bonds. The molecule has 6 heteroatoms. The first kappa shape index (κ1) is 12.7. The molecule has 0 saturated heterocycles. The van der Waals surface area contributed by atoms with Gasteiger partial charge in [-0.2, -0.15) is 13.2 Å². The summed E-state index contributed by atoms with van der Waals surface area (Å²) >= 11 is 0. The topological polar surface area (TPSA) is 51.8 Å². The lowest BCUT2D eigenvalue weighted by atomic mass is 10.1. The van der Waals surface area contributed by atoms with E-state index in [2.05, 4.69) is 9.97 Å². The maximum Gasteiger partial charge on any atom is 0.433 e. The zero-order valence-electron chi connectivity index (χ0n) is 9.01. The Hall–Kier alpha value is -1.33. The van der Waals surface area contributed by atoms with Crippen molar-refractivity contribution in [2.24, 2.45) is 0 Å². The molecule has 1 aromatic heterocycles. The van der Waals surface area contributed by atoms with Crippen LogP contribution in [-0.4, -0.2) is 9.97 Å². The van der Waals surface area contributed by atoms with Crippen molar-refractivity contribution in [2.75, 3.05) is 5.73 Å². The maximum atomic E-state index is 12.6. The van der Waals surface area contributed by atoms with E-state index in [1.54, 1.807) is 0 Å². The number of nitrogen functional groups attached to an aromatic ring is 1. The Kier molecular flexibility index (Phi) is 4.09. The summed E-state index contributed by atoms with van der Waals surface area (Å²) in [4.78, 5) is 6.86. The Bertz CT molecular complexity index is 350. The molecule has 0 unspecified atom stereocenters. The molecule has 1 rings (SSSR count). The van der Waals surface area contributed by atoms with Crippen molar-refractivity contribution in [1.29, 1.82) is 0 Å². The first-order valence-electron chi connectivity index (χ1n) is 5.13. The molecule has 0 aliphatic rings. The van der Waals surface area contributed by atoms with Crippen LogP contribution >= 0.6 is 0 Å². The first-order valence-corrected chi connectivity index (χ1v) is 5.13. The lowest BCUT2D eigenvalue weighted by Crippen LogP contribution is -2.14. The van der Waals surface area contributed by atoms with E-state index in [0.29, 0.717) is 12.8 Å². The maximum absolute atomic E-state index is 12.6. The number of nitrogens with zero attached hydrogens (tertiary/aromatic N) is 2. The second-order valence-electron chi connectivity index (χ2n) is 3.56. The second kappa shape index (κ2) is 5.14. The van der Waals surface area contributed by atoms with Crippen molar-refractivity contribution in [3.63, 3.8) is 0 Å². The number of nitrogens with two attached hydrogens (primary N) is 1. The van der Waals surface area contributed by atoms with Crippen LogP contribution in [0.2, 0.25) is 0 Å². The van der Waals surface area contributed by atoms with E-state index in [-0.39, 0.29) is 11.5 Å². The van der Waals surface area contributed by atoms with E-state index in [1.807, 2.05) is 6.92 Å². The van der Waals surface area contributed by atoms with E-state index in [0.717, 1.165) is 12.8 Å². The van der Waals surface area contributed by atoms with Crippen molar-refractivity contribution in [2.45, 2.75) is 38.8 Å². The largest absolute Gasteiger partial charge is 0.433 e. The fourth-order valence-electron chi connectivity index (χ4n) is 1.41. The molecule has 0 fully saturated rings.